The van der Waals surface area contributed by atoms with Crippen LogP contribution in [0.1, 0.15) is 21.8 Å². The highest BCUT2D eigenvalue weighted by Gasteiger charge is 2.33. The van der Waals surface area contributed by atoms with Gasteiger partial charge in [0.15, 0.2) is 11.5 Å². The van der Waals surface area contributed by atoms with Crippen molar-refractivity contribution in [2.75, 3.05) is 5.32 Å². The number of benzene rings is 1. The molecule has 0 spiro atoms. The van der Waals surface area contributed by atoms with Crippen LogP contribution in [0, 0.1) is 0 Å². The van der Waals surface area contributed by atoms with E-state index in [1.54, 1.807) is 12.1 Å². The van der Waals surface area contributed by atoms with E-state index >= 15 is 0 Å². The first-order valence-electron chi connectivity index (χ1n) is 7.51. The van der Waals surface area contributed by atoms with E-state index in [2.05, 4.69) is 20.8 Å². The summed E-state index contributed by atoms with van der Waals surface area (Å²) in [6.07, 6.45) is -3.01. The van der Waals surface area contributed by atoms with Gasteiger partial charge >= 0.3 is 6.18 Å². The summed E-state index contributed by atoms with van der Waals surface area (Å²) in [5, 5.41) is 12.6. The lowest BCUT2D eigenvalue weighted by molar-refractivity contribution is -0.136. The fraction of sp³-hybridized carbons (Fsp3) is 0.118. The molecule has 134 valence electrons. The molecular formula is C17H13F3N4O2. The van der Waals surface area contributed by atoms with Gasteiger partial charge in [-0.3, -0.25) is 4.79 Å². The minimum absolute atomic E-state index is 0.0335. The summed E-state index contributed by atoms with van der Waals surface area (Å²) in [5.41, 5.74) is -0.933. The van der Waals surface area contributed by atoms with Gasteiger partial charge in [0.2, 0.25) is 0 Å². The van der Waals surface area contributed by atoms with E-state index in [9.17, 15) is 18.0 Å². The molecule has 0 radical (unpaired) electrons. The van der Waals surface area contributed by atoms with Crippen molar-refractivity contribution >= 4 is 17.4 Å². The molecule has 26 heavy (non-hydrogen) atoms. The molecule has 9 heteroatoms. The number of nitrogens with one attached hydrogen (secondary N) is 2. The Bertz CT molecular complexity index is 878. The van der Waals surface area contributed by atoms with Crippen LogP contribution in [0.3, 0.4) is 0 Å². The van der Waals surface area contributed by atoms with Gasteiger partial charge in [-0.25, -0.2) is 0 Å². The van der Waals surface area contributed by atoms with E-state index in [1.807, 2.05) is 0 Å². The number of anilines is 2. The summed E-state index contributed by atoms with van der Waals surface area (Å²) in [6.45, 7) is 0.187. The fourth-order valence-electron chi connectivity index (χ4n) is 2.17. The molecule has 3 aromatic rings. The fourth-order valence-corrected chi connectivity index (χ4v) is 2.17. The van der Waals surface area contributed by atoms with Crippen LogP contribution in [0.25, 0.3) is 0 Å². The molecule has 2 N–H and O–H groups in total. The Labute approximate surface area is 146 Å². The first-order chi connectivity index (χ1) is 12.4. The number of furan rings is 1. The summed E-state index contributed by atoms with van der Waals surface area (Å²) in [4.78, 5) is 12.0. The van der Waals surface area contributed by atoms with Gasteiger partial charge in [-0.1, -0.05) is 12.1 Å². The van der Waals surface area contributed by atoms with Gasteiger partial charge in [0.25, 0.3) is 5.91 Å². The van der Waals surface area contributed by atoms with E-state index < -0.39 is 17.6 Å². The van der Waals surface area contributed by atoms with Crippen LogP contribution in [-0.4, -0.2) is 16.1 Å². The zero-order valence-corrected chi connectivity index (χ0v) is 13.2. The first-order valence-corrected chi connectivity index (χ1v) is 7.51. The van der Waals surface area contributed by atoms with Crippen molar-refractivity contribution in [3.63, 3.8) is 0 Å². The second kappa shape index (κ2) is 7.26. The minimum atomic E-state index is -4.50. The number of aromatic nitrogens is 2. The SMILES string of the molecule is O=C(NCc1ccco1)c1ccc(Nc2ccccc2C(F)(F)F)nn1. The van der Waals surface area contributed by atoms with Crippen LogP contribution in [0.4, 0.5) is 24.7 Å². The zero-order valence-electron chi connectivity index (χ0n) is 13.2. The second-order valence-electron chi connectivity index (χ2n) is 5.23. The number of hydrogen-bond donors (Lipinski definition) is 2. The Morgan fingerprint density at radius 1 is 1.04 bits per heavy atom. The third-order valence-corrected chi connectivity index (χ3v) is 3.40. The summed E-state index contributed by atoms with van der Waals surface area (Å²) in [5.74, 6) is 0.189. The summed E-state index contributed by atoms with van der Waals surface area (Å²) in [6, 6.07) is 11.2. The van der Waals surface area contributed by atoms with Crippen molar-refractivity contribution in [2.24, 2.45) is 0 Å². The van der Waals surface area contributed by atoms with E-state index in [0.717, 1.165) is 6.07 Å². The molecule has 2 aromatic heterocycles. The smallest absolute Gasteiger partial charge is 0.418 e. The maximum absolute atomic E-state index is 13.0. The van der Waals surface area contributed by atoms with E-state index in [0.29, 0.717) is 5.76 Å². The molecule has 0 atom stereocenters. The Balaban J connectivity index is 1.68. The topological polar surface area (TPSA) is 80.0 Å². The Morgan fingerprint density at radius 3 is 2.50 bits per heavy atom. The predicted molar refractivity (Wildman–Crippen MR) is 86.6 cm³/mol. The lowest BCUT2D eigenvalue weighted by atomic mass is 10.1. The van der Waals surface area contributed by atoms with Gasteiger partial charge < -0.3 is 15.1 Å². The first kappa shape index (κ1) is 17.5. The number of para-hydroxylation sites is 1. The number of alkyl halides is 3. The Morgan fingerprint density at radius 2 is 1.85 bits per heavy atom. The average molecular weight is 362 g/mol. The molecule has 3 rings (SSSR count). The molecule has 0 aliphatic carbocycles. The third kappa shape index (κ3) is 4.18. The van der Waals surface area contributed by atoms with E-state index in [4.69, 9.17) is 4.42 Å². The van der Waals surface area contributed by atoms with Crippen molar-refractivity contribution < 1.29 is 22.4 Å². The number of nitrogens with zero attached hydrogens (tertiary/aromatic N) is 2. The molecule has 1 aromatic carbocycles. The second-order valence-corrected chi connectivity index (χ2v) is 5.23. The summed E-state index contributed by atoms with van der Waals surface area (Å²) < 4.78 is 44.0. The zero-order chi connectivity index (χ0) is 18.6. The Hall–Kier alpha value is -3.36. The molecule has 0 saturated carbocycles. The number of amides is 1. The van der Waals surface area contributed by atoms with Gasteiger partial charge in [0, 0.05) is 0 Å². The minimum Gasteiger partial charge on any atom is -0.467 e. The predicted octanol–water partition coefficient (Wildman–Crippen LogP) is 3.76. The maximum atomic E-state index is 13.0. The van der Waals surface area contributed by atoms with Crippen molar-refractivity contribution in [2.45, 2.75) is 12.7 Å². The lowest BCUT2D eigenvalue weighted by Crippen LogP contribution is -2.24. The molecule has 0 aliphatic rings. The van der Waals surface area contributed by atoms with Gasteiger partial charge in [-0.05, 0) is 36.4 Å². The quantitative estimate of drug-likeness (QED) is 0.722. The third-order valence-electron chi connectivity index (χ3n) is 3.40. The van der Waals surface area contributed by atoms with Crippen molar-refractivity contribution in [1.29, 1.82) is 0 Å². The molecule has 0 fully saturated rings. The van der Waals surface area contributed by atoms with Crippen LogP contribution in [0.5, 0.6) is 0 Å². The normalized spacial score (nSPS) is 11.2. The standard InChI is InChI=1S/C17H13F3N4O2/c18-17(19,20)12-5-1-2-6-13(12)22-15-8-7-14(23-24-15)16(25)21-10-11-4-3-9-26-11/h1-9H,10H2,(H,21,25)(H,22,24). The monoisotopic (exact) mass is 362 g/mol. The Kier molecular flexibility index (Phi) is 4.87. The molecule has 6 nitrogen and oxygen atoms in total. The molecular weight excluding hydrogens is 349 g/mol. The van der Waals surface area contributed by atoms with Crippen LogP contribution < -0.4 is 10.6 Å². The highest BCUT2D eigenvalue weighted by atomic mass is 19.4. The number of rotatable bonds is 5. The van der Waals surface area contributed by atoms with Crippen LogP contribution in [0.2, 0.25) is 0 Å². The van der Waals surface area contributed by atoms with Crippen LogP contribution >= 0.6 is 0 Å². The molecule has 0 unspecified atom stereocenters. The lowest BCUT2D eigenvalue weighted by Gasteiger charge is -2.13. The number of carbonyl (C=O) groups is 1. The largest absolute Gasteiger partial charge is 0.467 e. The van der Waals surface area contributed by atoms with Gasteiger partial charge in [-0.15, -0.1) is 10.2 Å². The van der Waals surface area contributed by atoms with Crippen molar-refractivity contribution in [1.82, 2.24) is 15.5 Å². The van der Waals surface area contributed by atoms with Gasteiger partial charge in [0.05, 0.1) is 24.1 Å². The molecule has 1 amide bonds. The summed E-state index contributed by atoms with van der Waals surface area (Å²) in [7, 11) is 0. The number of carbonyl (C=O) groups excluding carboxylic acids is 1. The summed E-state index contributed by atoms with van der Waals surface area (Å²) >= 11 is 0. The van der Waals surface area contributed by atoms with Crippen molar-refractivity contribution in [3.8, 4) is 0 Å². The highest BCUT2D eigenvalue weighted by Crippen LogP contribution is 2.35. The highest BCUT2D eigenvalue weighted by molar-refractivity contribution is 5.92. The van der Waals surface area contributed by atoms with E-state index in [-0.39, 0.29) is 23.7 Å². The maximum Gasteiger partial charge on any atom is 0.418 e. The molecule has 0 bridgehead atoms. The molecule has 0 saturated heterocycles. The van der Waals surface area contributed by atoms with Crippen molar-refractivity contribution in [3.05, 3.63) is 71.8 Å². The van der Waals surface area contributed by atoms with E-state index in [1.165, 1.54) is 36.6 Å². The van der Waals surface area contributed by atoms with Gasteiger partial charge in [-0.2, -0.15) is 13.2 Å². The number of hydrogen-bond acceptors (Lipinski definition) is 5. The van der Waals surface area contributed by atoms with Gasteiger partial charge in [0.1, 0.15) is 5.76 Å². The molecule has 0 aliphatic heterocycles. The number of halogens is 3. The van der Waals surface area contributed by atoms with Crippen LogP contribution in [0.15, 0.2) is 59.2 Å². The average Bonchev–Trinajstić information content (AvgIpc) is 3.13. The van der Waals surface area contributed by atoms with Crippen LogP contribution in [-0.2, 0) is 12.7 Å². The molecule has 2 heterocycles.